The summed E-state index contributed by atoms with van der Waals surface area (Å²) in [5.41, 5.74) is 2.34. The molecule has 0 radical (unpaired) electrons. The second-order valence-corrected chi connectivity index (χ2v) is 5.40. The van der Waals surface area contributed by atoms with Crippen molar-refractivity contribution in [1.29, 1.82) is 0 Å². The van der Waals surface area contributed by atoms with Crippen molar-refractivity contribution in [3.05, 3.63) is 77.7 Å². The van der Waals surface area contributed by atoms with Gasteiger partial charge >= 0.3 is 0 Å². The van der Waals surface area contributed by atoms with Crippen molar-refractivity contribution in [2.45, 2.75) is 13.5 Å². The van der Waals surface area contributed by atoms with Crippen LogP contribution in [0.3, 0.4) is 0 Å². The number of carboxylic acid groups (broad SMARTS) is 1. The minimum absolute atomic E-state index is 0.260. The number of aryl methyl sites for hydroxylation is 1. The van der Waals surface area contributed by atoms with Crippen molar-refractivity contribution >= 4 is 12.0 Å². The highest BCUT2D eigenvalue weighted by Crippen LogP contribution is 2.23. The normalized spacial score (nSPS) is 10.9. The summed E-state index contributed by atoms with van der Waals surface area (Å²) in [6.07, 6.45) is 2.43. The first-order valence-electron chi connectivity index (χ1n) is 7.75. The summed E-state index contributed by atoms with van der Waals surface area (Å²) in [7, 11) is 0. The molecule has 126 valence electrons. The number of nitrogens with zero attached hydrogens (tertiary/aromatic N) is 1. The van der Waals surface area contributed by atoms with Gasteiger partial charge in [0.1, 0.15) is 23.8 Å². The number of hydrogen-bond acceptors (Lipinski definition) is 5. The van der Waals surface area contributed by atoms with E-state index < -0.39 is 5.97 Å². The predicted octanol–water partition coefficient (Wildman–Crippen LogP) is 2.99. The lowest BCUT2D eigenvalue weighted by atomic mass is 10.2. The van der Waals surface area contributed by atoms with Gasteiger partial charge in [-0.2, -0.15) is 0 Å². The molecule has 5 nitrogen and oxygen atoms in total. The van der Waals surface area contributed by atoms with Crippen LogP contribution < -0.4 is 9.84 Å². The van der Waals surface area contributed by atoms with Gasteiger partial charge in [0, 0.05) is 5.56 Å². The molecule has 3 rings (SSSR count). The summed E-state index contributed by atoms with van der Waals surface area (Å²) in [4.78, 5) is 15.0. The molecule has 0 aliphatic heterocycles. The smallest absolute Gasteiger partial charge is 0.226 e. The van der Waals surface area contributed by atoms with Crippen molar-refractivity contribution in [3.63, 3.8) is 0 Å². The first-order valence-corrected chi connectivity index (χ1v) is 7.75. The van der Waals surface area contributed by atoms with Crippen LogP contribution in [0.5, 0.6) is 5.75 Å². The number of carbonyl (C=O) groups is 1. The summed E-state index contributed by atoms with van der Waals surface area (Å²) in [5, 5.41) is 10.5. The molecule has 0 aliphatic rings. The van der Waals surface area contributed by atoms with E-state index >= 15 is 0 Å². The molecular formula is C20H16NO4-. The monoisotopic (exact) mass is 334 g/mol. The fourth-order valence-corrected chi connectivity index (χ4v) is 2.29. The molecule has 2 aromatic carbocycles. The van der Waals surface area contributed by atoms with Gasteiger partial charge in [0.05, 0.1) is 5.97 Å². The molecule has 0 unspecified atom stereocenters. The van der Waals surface area contributed by atoms with Gasteiger partial charge in [-0.3, -0.25) is 0 Å². The molecule has 1 aromatic heterocycles. The third-order valence-electron chi connectivity index (χ3n) is 3.56. The Hall–Kier alpha value is -3.34. The number of aromatic nitrogens is 1. The van der Waals surface area contributed by atoms with E-state index in [-0.39, 0.29) is 6.61 Å². The van der Waals surface area contributed by atoms with Gasteiger partial charge in [-0.15, -0.1) is 0 Å². The second kappa shape index (κ2) is 7.49. The Morgan fingerprint density at radius 3 is 2.76 bits per heavy atom. The Balaban J connectivity index is 1.71. The Labute approximate surface area is 145 Å². The fraction of sp³-hybridized carbons (Fsp3) is 0.100. The molecular weight excluding hydrogens is 318 g/mol. The standard InChI is InChI=1S/C20H17NO4/c1-14-18(21-20(25-14)16-7-3-2-4-8-16)13-24-17-9-5-6-15(12-17)10-11-19(22)23/h2-12H,13H2,1H3,(H,22,23)/p-1/b11-10+. The highest BCUT2D eigenvalue weighted by atomic mass is 16.5. The zero-order chi connectivity index (χ0) is 17.6. The number of aliphatic carboxylic acids is 1. The number of carbonyl (C=O) groups excluding carboxylic acids is 1. The van der Waals surface area contributed by atoms with Gasteiger partial charge in [-0.05, 0) is 42.8 Å². The van der Waals surface area contributed by atoms with Crippen LogP contribution in [0.25, 0.3) is 17.5 Å². The van der Waals surface area contributed by atoms with Crippen LogP contribution in [-0.2, 0) is 11.4 Å². The van der Waals surface area contributed by atoms with E-state index in [1.807, 2.05) is 37.3 Å². The summed E-state index contributed by atoms with van der Waals surface area (Å²) < 4.78 is 11.5. The van der Waals surface area contributed by atoms with Crippen molar-refractivity contribution in [1.82, 2.24) is 4.98 Å². The summed E-state index contributed by atoms with van der Waals surface area (Å²) in [6, 6.07) is 16.8. The molecule has 1 heterocycles. The fourth-order valence-electron chi connectivity index (χ4n) is 2.29. The van der Waals surface area contributed by atoms with Crippen LogP contribution in [0, 0.1) is 6.92 Å². The van der Waals surface area contributed by atoms with Gasteiger partial charge in [0.25, 0.3) is 0 Å². The van der Waals surface area contributed by atoms with Crippen molar-refractivity contribution in [2.24, 2.45) is 0 Å². The molecule has 0 amide bonds. The molecule has 3 aromatic rings. The van der Waals surface area contributed by atoms with Crippen molar-refractivity contribution in [3.8, 4) is 17.2 Å². The Morgan fingerprint density at radius 2 is 2.00 bits per heavy atom. The average molecular weight is 334 g/mol. The lowest BCUT2D eigenvalue weighted by Gasteiger charge is -2.05. The topological polar surface area (TPSA) is 75.4 Å². The van der Waals surface area contributed by atoms with E-state index in [1.54, 1.807) is 24.3 Å². The highest BCUT2D eigenvalue weighted by molar-refractivity contribution is 5.83. The summed E-state index contributed by atoms with van der Waals surface area (Å²) in [5.74, 6) is 0.636. The van der Waals surface area contributed by atoms with E-state index in [4.69, 9.17) is 9.15 Å². The van der Waals surface area contributed by atoms with E-state index in [1.165, 1.54) is 6.08 Å². The Kier molecular flexibility index (Phi) is 4.95. The maximum Gasteiger partial charge on any atom is 0.226 e. The highest BCUT2D eigenvalue weighted by Gasteiger charge is 2.11. The van der Waals surface area contributed by atoms with Crippen molar-refractivity contribution < 1.29 is 19.1 Å². The van der Waals surface area contributed by atoms with Gasteiger partial charge < -0.3 is 19.1 Å². The largest absolute Gasteiger partial charge is 0.545 e. The molecule has 25 heavy (non-hydrogen) atoms. The van der Waals surface area contributed by atoms with Crippen LogP contribution in [0.2, 0.25) is 0 Å². The maximum absolute atomic E-state index is 10.5. The lowest BCUT2D eigenvalue weighted by Crippen LogP contribution is -2.18. The van der Waals surface area contributed by atoms with Crippen LogP contribution in [0.4, 0.5) is 0 Å². The van der Waals surface area contributed by atoms with Crippen LogP contribution in [0.15, 0.2) is 65.1 Å². The Morgan fingerprint density at radius 1 is 1.20 bits per heavy atom. The second-order valence-electron chi connectivity index (χ2n) is 5.40. The minimum Gasteiger partial charge on any atom is -0.545 e. The van der Waals surface area contributed by atoms with E-state index in [2.05, 4.69) is 4.98 Å². The number of hydrogen-bond donors (Lipinski definition) is 0. The van der Waals surface area contributed by atoms with Crippen LogP contribution in [-0.4, -0.2) is 11.0 Å². The first-order chi connectivity index (χ1) is 12.1. The van der Waals surface area contributed by atoms with Crippen molar-refractivity contribution in [2.75, 3.05) is 0 Å². The molecule has 0 spiro atoms. The predicted molar refractivity (Wildman–Crippen MR) is 91.5 cm³/mol. The number of ether oxygens (including phenoxy) is 1. The van der Waals surface area contributed by atoms with Gasteiger partial charge in [0.15, 0.2) is 0 Å². The molecule has 0 saturated heterocycles. The zero-order valence-corrected chi connectivity index (χ0v) is 13.6. The van der Waals surface area contributed by atoms with Gasteiger partial charge in [-0.25, -0.2) is 4.98 Å². The summed E-state index contributed by atoms with van der Waals surface area (Å²) in [6.45, 7) is 2.10. The van der Waals surface area contributed by atoms with E-state index in [0.717, 1.165) is 17.3 Å². The van der Waals surface area contributed by atoms with E-state index in [0.29, 0.717) is 23.0 Å². The lowest BCUT2D eigenvalue weighted by molar-refractivity contribution is -0.297. The van der Waals surface area contributed by atoms with Gasteiger partial charge in [0.2, 0.25) is 5.89 Å². The molecule has 5 heteroatoms. The molecule has 0 fully saturated rings. The van der Waals surface area contributed by atoms with E-state index in [9.17, 15) is 9.90 Å². The number of benzene rings is 2. The minimum atomic E-state index is -1.24. The number of oxazole rings is 1. The Bertz CT molecular complexity index is 897. The first kappa shape index (κ1) is 16.5. The van der Waals surface area contributed by atoms with Gasteiger partial charge in [-0.1, -0.05) is 36.4 Å². The maximum atomic E-state index is 10.5. The van der Waals surface area contributed by atoms with Crippen LogP contribution >= 0.6 is 0 Å². The average Bonchev–Trinajstić information content (AvgIpc) is 3.00. The molecule has 0 saturated carbocycles. The quantitative estimate of drug-likeness (QED) is 0.648. The molecule has 0 bridgehead atoms. The molecule has 0 atom stereocenters. The summed E-state index contributed by atoms with van der Waals surface area (Å²) >= 11 is 0. The zero-order valence-electron chi connectivity index (χ0n) is 13.6. The third-order valence-corrected chi connectivity index (χ3v) is 3.56. The number of rotatable bonds is 6. The molecule has 0 N–H and O–H groups in total. The van der Waals surface area contributed by atoms with Crippen LogP contribution in [0.1, 0.15) is 17.0 Å². The third kappa shape index (κ3) is 4.35. The number of carboxylic acids is 1. The molecule has 0 aliphatic carbocycles. The SMILES string of the molecule is Cc1oc(-c2ccccc2)nc1COc1cccc(/C=C/C(=O)[O-])c1.